The van der Waals surface area contributed by atoms with E-state index in [4.69, 9.17) is 0 Å². The van der Waals surface area contributed by atoms with Gasteiger partial charge in [-0.25, -0.2) is 0 Å². The SMILES string of the molecule is Cc1ccc(/C=C/CCNc2ccccc2N[C@@H](Cc2ccc(C)cc2)C(=O)N2CCC2)cc1. The number of hydrogen-bond acceptors (Lipinski definition) is 3. The lowest BCUT2D eigenvalue weighted by molar-refractivity contribution is -0.135. The fraction of sp³-hybridized carbons (Fsp3) is 0.300. The molecule has 176 valence electrons. The highest BCUT2D eigenvalue weighted by Gasteiger charge is 2.28. The summed E-state index contributed by atoms with van der Waals surface area (Å²) in [5, 5.41) is 7.10. The van der Waals surface area contributed by atoms with Crippen molar-refractivity contribution in [1.82, 2.24) is 4.90 Å². The number of carbonyl (C=O) groups excluding carboxylic acids is 1. The van der Waals surface area contributed by atoms with Crippen LogP contribution < -0.4 is 10.6 Å². The number of nitrogens with one attached hydrogen (secondary N) is 2. The van der Waals surface area contributed by atoms with Crippen LogP contribution in [-0.2, 0) is 11.2 Å². The molecule has 1 fully saturated rings. The van der Waals surface area contributed by atoms with Gasteiger partial charge in [0.1, 0.15) is 6.04 Å². The molecule has 0 saturated carbocycles. The van der Waals surface area contributed by atoms with Crippen molar-refractivity contribution in [3.05, 3.63) is 101 Å². The first-order valence-corrected chi connectivity index (χ1v) is 12.3. The van der Waals surface area contributed by atoms with E-state index < -0.39 is 0 Å². The van der Waals surface area contributed by atoms with Gasteiger partial charge in [-0.2, -0.15) is 0 Å². The number of hydrogen-bond donors (Lipinski definition) is 2. The number of amides is 1. The molecule has 1 aliphatic rings. The number of benzene rings is 3. The lowest BCUT2D eigenvalue weighted by atomic mass is 10.0. The van der Waals surface area contributed by atoms with Crippen molar-refractivity contribution < 1.29 is 4.79 Å². The molecule has 4 nitrogen and oxygen atoms in total. The summed E-state index contributed by atoms with van der Waals surface area (Å²) in [5.74, 6) is 0.183. The Labute approximate surface area is 203 Å². The Kier molecular flexibility index (Phi) is 8.03. The average Bonchev–Trinajstić information content (AvgIpc) is 2.81. The lowest BCUT2D eigenvalue weighted by Crippen LogP contribution is -2.50. The molecule has 4 rings (SSSR count). The van der Waals surface area contributed by atoms with E-state index in [0.29, 0.717) is 6.42 Å². The number of para-hydroxylation sites is 2. The number of anilines is 2. The third kappa shape index (κ3) is 6.50. The van der Waals surface area contributed by atoms with Crippen LogP contribution in [-0.4, -0.2) is 36.5 Å². The van der Waals surface area contributed by atoms with E-state index in [1.807, 2.05) is 17.0 Å². The molecule has 0 bridgehead atoms. The van der Waals surface area contributed by atoms with E-state index in [1.165, 1.54) is 22.3 Å². The van der Waals surface area contributed by atoms with Crippen molar-refractivity contribution in [3.63, 3.8) is 0 Å². The van der Waals surface area contributed by atoms with Crippen LogP contribution in [0.25, 0.3) is 6.08 Å². The zero-order chi connectivity index (χ0) is 23.8. The molecule has 4 heteroatoms. The fourth-order valence-electron chi connectivity index (χ4n) is 4.05. The topological polar surface area (TPSA) is 44.4 Å². The number of likely N-dealkylation sites (tertiary alicyclic amines) is 1. The first-order chi connectivity index (χ1) is 16.6. The van der Waals surface area contributed by atoms with Crippen LogP contribution in [0.1, 0.15) is 35.1 Å². The highest BCUT2D eigenvalue weighted by molar-refractivity contribution is 5.87. The molecule has 0 aliphatic carbocycles. The van der Waals surface area contributed by atoms with E-state index in [-0.39, 0.29) is 11.9 Å². The molecule has 34 heavy (non-hydrogen) atoms. The van der Waals surface area contributed by atoms with Crippen LogP contribution in [0.3, 0.4) is 0 Å². The van der Waals surface area contributed by atoms with Crippen molar-refractivity contribution in [2.75, 3.05) is 30.3 Å². The average molecular weight is 454 g/mol. The minimum absolute atomic E-state index is 0.183. The Bertz CT molecular complexity index is 1100. The normalized spacial score (nSPS) is 14.0. The minimum Gasteiger partial charge on any atom is -0.383 e. The highest BCUT2D eigenvalue weighted by atomic mass is 16.2. The monoisotopic (exact) mass is 453 g/mol. The molecule has 0 spiro atoms. The molecule has 0 unspecified atom stereocenters. The molecule has 3 aromatic carbocycles. The van der Waals surface area contributed by atoms with Gasteiger partial charge in [-0.05, 0) is 49.9 Å². The smallest absolute Gasteiger partial charge is 0.245 e. The predicted molar refractivity (Wildman–Crippen MR) is 143 cm³/mol. The second-order valence-corrected chi connectivity index (χ2v) is 9.14. The number of aryl methyl sites for hydroxylation is 2. The minimum atomic E-state index is -0.285. The van der Waals surface area contributed by atoms with E-state index in [0.717, 1.165) is 43.9 Å². The largest absolute Gasteiger partial charge is 0.383 e. The molecular formula is C30H35N3O. The van der Waals surface area contributed by atoms with Gasteiger partial charge in [0.15, 0.2) is 0 Å². The zero-order valence-corrected chi connectivity index (χ0v) is 20.3. The van der Waals surface area contributed by atoms with Gasteiger partial charge in [-0.3, -0.25) is 4.79 Å². The van der Waals surface area contributed by atoms with E-state index >= 15 is 0 Å². The van der Waals surface area contributed by atoms with Crippen LogP contribution in [0.5, 0.6) is 0 Å². The first-order valence-electron chi connectivity index (χ1n) is 12.3. The van der Waals surface area contributed by atoms with Gasteiger partial charge in [0, 0.05) is 26.1 Å². The van der Waals surface area contributed by atoms with Gasteiger partial charge in [0.05, 0.1) is 11.4 Å². The van der Waals surface area contributed by atoms with Crippen molar-refractivity contribution in [2.24, 2.45) is 0 Å². The Balaban J connectivity index is 1.39. The van der Waals surface area contributed by atoms with Crippen LogP contribution in [0.15, 0.2) is 78.9 Å². The predicted octanol–water partition coefficient (Wildman–Crippen LogP) is 6.07. The van der Waals surface area contributed by atoms with Crippen molar-refractivity contribution in [3.8, 4) is 0 Å². The molecule has 3 aromatic rings. The van der Waals surface area contributed by atoms with Gasteiger partial charge in [0.2, 0.25) is 5.91 Å². The highest BCUT2D eigenvalue weighted by Crippen LogP contribution is 2.24. The maximum atomic E-state index is 13.2. The molecule has 2 N–H and O–H groups in total. The number of nitrogens with zero attached hydrogens (tertiary/aromatic N) is 1. The maximum absolute atomic E-state index is 13.2. The molecule has 0 aromatic heterocycles. The standard InChI is InChI=1S/C30H35N3O/c1-23-11-15-25(16-12-23)8-5-6-19-31-27-9-3-4-10-28(27)32-29(30(34)33-20-7-21-33)22-26-17-13-24(2)14-18-26/h3-5,8-18,29,31-32H,6-7,19-22H2,1-2H3/b8-5+/t29-/m0/s1. The Hall–Kier alpha value is -3.53. The van der Waals surface area contributed by atoms with Crippen LogP contribution in [0.2, 0.25) is 0 Å². The fourth-order valence-corrected chi connectivity index (χ4v) is 4.05. The van der Waals surface area contributed by atoms with Crippen LogP contribution >= 0.6 is 0 Å². The third-order valence-corrected chi connectivity index (χ3v) is 6.30. The summed E-state index contributed by atoms with van der Waals surface area (Å²) in [6.45, 7) is 6.73. The molecule has 1 atom stereocenters. The second-order valence-electron chi connectivity index (χ2n) is 9.14. The van der Waals surface area contributed by atoms with Crippen molar-refractivity contribution in [2.45, 2.75) is 39.2 Å². The summed E-state index contributed by atoms with van der Waals surface area (Å²) in [6, 6.07) is 24.9. The summed E-state index contributed by atoms with van der Waals surface area (Å²) in [4.78, 5) is 15.2. The first kappa shape index (κ1) is 23.6. The summed E-state index contributed by atoms with van der Waals surface area (Å²) in [6.07, 6.45) is 7.04. The Morgan fingerprint density at radius 2 is 1.56 bits per heavy atom. The van der Waals surface area contributed by atoms with E-state index in [2.05, 4.69) is 97.3 Å². The molecule has 1 amide bonds. The quantitative estimate of drug-likeness (QED) is 0.366. The van der Waals surface area contributed by atoms with Gasteiger partial charge >= 0.3 is 0 Å². The summed E-state index contributed by atoms with van der Waals surface area (Å²) in [7, 11) is 0. The summed E-state index contributed by atoms with van der Waals surface area (Å²) in [5.41, 5.74) is 6.89. The van der Waals surface area contributed by atoms with Gasteiger partial charge in [-0.15, -0.1) is 0 Å². The molecule has 1 aliphatic heterocycles. The van der Waals surface area contributed by atoms with Crippen LogP contribution in [0, 0.1) is 13.8 Å². The van der Waals surface area contributed by atoms with Gasteiger partial charge < -0.3 is 15.5 Å². The van der Waals surface area contributed by atoms with E-state index in [9.17, 15) is 4.79 Å². The summed E-state index contributed by atoms with van der Waals surface area (Å²) < 4.78 is 0. The summed E-state index contributed by atoms with van der Waals surface area (Å²) >= 11 is 0. The van der Waals surface area contributed by atoms with Gasteiger partial charge in [-0.1, -0.05) is 83.9 Å². The van der Waals surface area contributed by atoms with Crippen molar-refractivity contribution >= 4 is 23.4 Å². The molecular weight excluding hydrogens is 418 g/mol. The third-order valence-electron chi connectivity index (χ3n) is 6.30. The number of rotatable bonds is 10. The van der Waals surface area contributed by atoms with Gasteiger partial charge in [0.25, 0.3) is 0 Å². The molecule has 1 saturated heterocycles. The van der Waals surface area contributed by atoms with E-state index in [1.54, 1.807) is 0 Å². The number of carbonyl (C=O) groups is 1. The lowest BCUT2D eigenvalue weighted by Gasteiger charge is -2.35. The zero-order valence-electron chi connectivity index (χ0n) is 20.3. The van der Waals surface area contributed by atoms with Crippen molar-refractivity contribution in [1.29, 1.82) is 0 Å². The Morgan fingerprint density at radius 1 is 0.912 bits per heavy atom. The van der Waals surface area contributed by atoms with Crippen LogP contribution in [0.4, 0.5) is 11.4 Å². The Morgan fingerprint density at radius 3 is 2.21 bits per heavy atom. The molecule has 0 radical (unpaired) electrons. The maximum Gasteiger partial charge on any atom is 0.245 e. The molecule has 1 heterocycles. The second kappa shape index (κ2) is 11.6.